The van der Waals surface area contributed by atoms with Gasteiger partial charge in [0.05, 0.1) is 0 Å². The number of hydrogen-bond acceptors (Lipinski definition) is 0. The van der Waals surface area contributed by atoms with Gasteiger partial charge in [0.25, 0.3) is 0 Å². The molecule has 46 valence electrons. The standard InChI is InChI=1S/C6H4F.BrH.2Mg/c7-6-4-2-1-3-5-6;;;/h2-5H;1H;;/q-1;;;+2/p-1. The molecule has 0 aliphatic heterocycles. The molecule has 0 aliphatic rings. The fourth-order valence-corrected chi connectivity index (χ4v) is 0.367. The molecule has 0 saturated carbocycles. The van der Waals surface area contributed by atoms with Crippen LogP contribution in [-0.4, -0.2) is 46.1 Å². The van der Waals surface area contributed by atoms with Crippen LogP contribution in [0.25, 0.3) is 0 Å². The van der Waals surface area contributed by atoms with E-state index in [0.29, 0.717) is 0 Å². The second-order valence-electron chi connectivity index (χ2n) is 1.22. The van der Waals surface area contributed by atoms with Crippen LogP contribution in [0.1, 0.15) is 0 Å². The summed E-state index contributed by atoms with van der Waals surface area (Å²) in [6.45, 7) is 0. The third-order valence-corrected chi connectivity index (χ3v) is 0.678. The smallest absolute Gasteiger partial charge is 1.00 e. The summed E-state index contributed by atoms with van der Waals surface area (Å²) in [6, 6.07) is 8.49. The molecule has 0 saturated heterocycles. The normalized spacial score (nSPS) is 6.10. The molecular weight excluding hydrogens is 220 g/mol. The molecule has 1 aromatic carbocycles. The Labute approximate surface area is 103 Å². The molecule has 10 heavy (non-hydrogen) atoms. The number of halogens is 2. The van der Waals surface area contributed by atoms with Crippen molar-refractivity contribution in [1.82, 2.24) is 0 Å². The van der Waals surface area contributed by atoms with Crippen LogP contribution in [0.2, 0.25) is 0 Å². The first-order valence-corrected chi connectivity index (χ1v) is 2.01. The Morgan fingerprint density at radius 3 is 1.80 bits per heavy atom. The number of benzene rings is 1. The first kappa shape index (κ1) is 17.3. The van der Waals surface area contributed by atoms with Crippen LogP contribution < -0.4 is 17.0 Å². The van der Waals surface area contributed by atoms with Crippen LogP contribution in [0.3, 0.4) is 0 Å². The molecule has 0 spiro atoms. The van der Waals surface area contributed by atoms with E-state index in [1.54, 1.807) is 0 Å². The monoisotopic (exact) mass is 222 g/mol. The van der Waals surface area contributed by atoms with Crippen molar-refractivity contribution < 1.29 is 21.4 Å². The Kier molecular flexibility index (Phi) is 17.6. The fraction of sp³-hybridized carbons (Fsp3) is 0. The molecule has 1 aromatic rings. The van der Waals surface area contributed by atoms with Crippen molar-refractivity contribution in [1.29, 1.82) is 0 Å². The van der Waals surface area contributed by atoms with E-state index >= 15 is 0 Å². The average molecular weight is 224 g/mol. The van der Waals surface area contributed by atoms with Gasteiger partial charge in [0.15, 0.2) is 0 Å². The van der Waals surface area contributed by atoms with Crippen LogP contribution in [0.15, 0.2) is 24.3 Å². The summed E-state index contributed by atoms with van der Waals surface area (Å²) in [5.41, 5.74) is 0. The summed E-state index contributed by atoms with van der Waals surface area (Å²) in [5.74, 6) is -0.209. The summed E-state index contributed by atoms with van der Waals surface area (Å²) < 4.78 is 11.9. The van der Waals surface area contributed by atoms with Crippen molar-refractivity contribution in [3.05, 3.63) is 36.1 Å². The van der Waals surface area contributed by atoms with Crippen molar-refractivity contribution in [2.45, 2.75) is 0 Å². The molecular formula is C6H4BrFMg2. The summed E-state index contributed by atoms with van der Waals surface area (Å²) in [4.78, 5) is 0. The Morgan fingerprint density at radius 2 is 1.60 bits per heavy atom. The maximum Gasteiger partial charge on any atom is 2.00 e. The summed E-state index contributed by atoms with van der Waals surface area (Å²) in [5, 5.41) is 0. The predicted octanol–water partition coefficient (Wildman–Crippen LogP) is -2.13. The van der Waals surface area contributed by atoms with Crippen molar-refractivity contribution in [3.8, 4) is 0 Å². The molecule has 1 rings (SSSR count). The zero-order chi connectivity index (χ0) is 5.11. The molecule has 4 heteroatoms. The number of rotatable bonds is 0. The van der Waals surface area contributed by atoms with Crippen LogP contribution in [-0.2, 0) is 0 Å². The largest absolute Gasteiger partial charge is 2.00 e. The van der Waals surface area contributed by atoms with Gasteiger partial charge >= 0.3 is 23.1 Å². The Morgan fingerprint density at radius 1 is 1.20 bits per heavy atom. The molecule has 0 aliphatic carbocycles. The van der Waals surface area contributed by atoms with E-state index in [1.807, 2.05) is 0 Å². The fourth-order valence-electron chi connectivity index (χ4n) is 0.367. The van der Waals surface area contributed by atoms with Gasteiger partial charge in [-0.2, -0.15) is 18.2 Å². The summed E-state index contributed by atoms with van der Waals surface area (Å²) >= 11 is 0. The molecule has 0 N–H and O–H groups in total. The van der Waals surface area contributed by atoms with Crippen molar-refractivity contribution in [2.75, 3.05) is 0 Å². The second-order valence-corrected chi connectivity index (χ2v) is 1.22. The minimum absolute atomic E-state index is 0. The Balaban J connectivity index is -0.000000163. The van der Waals surface area contributed by atoms with E-state index < -0.39 is 0 Å². The van der Waals surface area contributed by atoms with Crippen LogP contribution >= 0.6 is 0 Å². The van der Waals surface area contributed by atoms with Crippen LogP contribution in [0.4, 0.5) is 4.39 Å². The van der Waals surface area contributed by atoms with Gasteiger partial charge < -0.3 is 17.0 Å². The van der Waals surface area contributed by atoms with E-state index in [1.165, 1.54) is 24.3 Å². The SMILES string of the molecule is Fc1cc[c-]cc1.[Br-].[Mg+2].[Mg]. The van der Waals surface area contributed by atoms with E-state index in [2.05, 4.69) is 6.07 Å². The zero-order valence-electron chi connectivity index (χ0n) is 5.48. The quantitative estimate of drug-likeness (QED) is 0.348. The van der Waals surface area contributed by atoms with Crippen LogP contribution in [0, 0.1) is 11.9 Å². The van der Waals surface area contributed by atoms with E-state index in [9.17, 15) is 4.39 Å². The molecule has 0 unspecified atom stereocenters. The van der Waals surface area contributed by atoms with E-state index in [0.717, 1.165) is 0 Å². The molecule has 0 bridgehead atoms. The van der Waals surface area contributed by atoms with Gasteiger partial charge in [-0.25, -0.2) is 4.39 Å². The van der Waals surface area contributed by atoms with Gasteiger partial charge in [-0.15, -0.1) is 12.1 Å². The third-order valence-electron chi connectivity index (χ3n) is 0.678. The van der Waals surface area contributed by atoms with Crippen molar-refractivity contribution in [3.63, 3.8) is 0 Å². The summed E-state index contributed by atoms with van der Waals surface area (Å²) in [7, 11) is 0. The first-order chi connectivity index (χ1) is 3.39. The van der Waals surface area contributed by atoms with Crippen molar-refractivity contribution in [2.24, 2.45) is 0 Å². The van der Waals surface area contributed by atoms with Gasteiger partial charge in [-0.3, -0.25) is 0 Å². The van der Waals surface area contributed by atoms with Gasteiger partial charge in [-0.05, 0) is 0 Å². The Bertz CT molecular complexity index is 146. The molecule has 0 nitrogen and oxygen atoms in total. The topological polar surface area (TPSA) is 0 Å². The van der Waals surface area contributed by atoms with Gasteiger partial charge in [0, 0.05) is 28.9 Å². The van der Waals surface area contributed by atoms with Crippen LogP contribution in [0.5, 0.6) is 0 Å². The van der Waals surface area contributed by atoms with Gasteiger partial charge in [0.1, 0.15) is 0 Å². The van der Waals surface area contributed by atoms with E-state index in [-0.39, 0.29) is 68.9 Å². The minimum atomic E-state index is -0.209. The maximum atomic E-state index is 11.9. The summed E-state index contributed by atoms with van der Waals surface area (Å²) in [6.07, 6.45) is 0. The average Bonchev–Trinajstić information content (AvgIpc) is 1.69. The maximum absolute atomic E-state index is 11.9. The van der Waals surface area contributed by atoms with Crippen molar-refractivity contribution >= 4 is 46.1 Å². The first-order valence-electron chi connectivity index (χ1n) is 2.01. The predicted molar refractivity (Wildman–Crippen MR) is 36.7 cm³/mol. The molecule has 0 fully saturated rings. The van der Waals surface area contributed by atoms with Gasteiger partial charge in [-0.1, -0.05) is 0 Å². The Hall–Kier alpha value is 1.16. The number of hydrogen-bond donors (Lipinski definition) is 0. The molecule has 0 atom stereocenters. The molecule has 0 amide bonds. The second kappa shape index (κ2) is 10.2. The minimum Gasteiger partial charge on any atom is -1.00 e. The zero-order valence-corrected chi connectivity index (χ0v) is 9.89. The third kappa shape index (κ3) is 7.27. The van der Waals surface area contributed by atoms with Gasteiger partial charge in [0.2, 0.25) is 0 Å². The molecule has 2 radical (unpaired) electrons. The molecule has 0 aromatic heterocycles. The molecule has 0 heterocycles. The van der Waals surface area contributed by atoms with E-state index in [4.69, 9.17) is 0 Å².